The number of carbonyl (C=O) groups excluding carboxylic acids is 1. The SMILES string of the molecule is CCCC1=C(CCC)C(=O)CN(S(=O)(=O)c2ccc(C)cc2)C1. The van der Waals surface area contributed by atoms with Crippen LogP contribution in [0.25, 0.3) is 0 Å². The van der Waals surface area contributed by atoms with Gasteiger partial charge >= 0.3 is 0 Å². The zero-order valence-corrected chi connectivity index (χ0v) is 14.9. The van der Waals surface area contributed by atoms with E-state index in [1.54, 1.807) is 24.3 Å². The van der Waals surface area contributed by atoms with Gasteiger partial charge in [0.1, 0.15) is 0 Å². The Hall–Kier alpha value is -1.46. The molecule has 1 aromatic carbocycles. The van der Waals surface area contributed by atoms with Crippen molar-refractivity contribution in [1.82, 2.24) is 4.31 Å². The first kappa shape index (κ1) is 17.9. The first-order chi connectivity index (χ1) is 10.9. The van der Waals surface area contributed by atoms with Crippen molar-refractivity contribution < 1.29 is 13.2 Å². The molecule has 0 saturated carbocycles. The van der Waals surface area contributed by atoms with Crippen LogP contribution in [-0.4, -0.2) is 31.6 Å². The number of ketones is 1. The molecule has 0 fully saturated rings. The first-order valence-corrected chi connectivity index (χ1v) is 9.65. The van der Waals surface area contributed by atoms with E-state index in [2.05, 4.69) is 6.92 Å². The van der Waals surface area contributed by atoms with E-state index < -0.39 is 10.0 Å². The molecule has 1 heterocycles. The number of hydrogen-bond donors (Lipinski definition) is 0. The number of nitrogens with zero attached hydrogens (tertiary/aromatic N) is 1. The lowest BCUT2D eigenvalue weighted by Gasteiger charge is -2.29. The zero-order chi connectivity index (χ0) is 17.0. The summed E-state index contributed by atoms with van der Waals surface area (Å²) in [6.45, 7) is 6.30. The molecule has 0 radical (unpaired) electrons. The van der Waals surface area contributed by atoms with Crippen LogP contribution in [0.1, 0.15) is 45.1 Å². The summed E-state index contributed by atoms with van der Waals surface area (Å²) in [5.41, 5.74) is 2.85. The van der Waals surface area contributed by atoms with Crippen LogP contribution in [0.5, 0.6) is 0 Å². The zero-order valence-electron chi connectivity index (χ0n) is 14.1. The summed E-state index contributed by atoms with van der Waals surface area (Å²) in [4.78, 5) is 12.7. The van der Waals surface area contributed by atoms with E-state index in [1.807, 2.05) is 13.8 Å². The predicted octanol–water partition coefficient (Wildman–Crippen LogP) is 3.47. The van der Waals surface area contributed by atoms with Crippen LogP contribution in [0, 0.1) is 6.92 Å². The van der Waals surface area contributed by atoms with Gasteiger partial charge in [0, 0.05) is 6.54 Å². The third kappa shape index (κ3) is 3.90. The van der Waals surface area contributed by atoms with Gasteiger partial charge in [-0.1, -0.05) is 44.4 Å². The maximum absolute atomic E-state index is 12.8. The number of aryl methyl sites for hydroxylation is 1. The molecule has 0 aromatic heterocycles. The van der Waals surface area contributed by atoms with Gasteiger partial charge in [0.2, 0.25) is 10.0 Å². The molecule has 2 rings (SSSR count). The minimum Gasteiger partial charge on any atom is -0.293 e. The second-order valence-corrected chi connectivity index (χ2v) is 8.03. The predicted molar refractivity (Wildman–Crippen MR) is 91.8 cm³/mol. The average Bonchev–Trinajstić information content (AvgIpc) is 2.51. The summed E-state index contributed by atoms with van der Waals surface area (Å²) in [6, 6.07) is 6.79. The van der Waals surface area contributed by atoms with Crippen LogP contribution in [0.15, 0.2) is 40.3 Å². The lowest BCUT2D eigenvalue weighted by atomic mass is 9.93. The Labute approximate surface area is 139 Å². The molecule has 1 aliphatic rings. The Balaban J connectivity index is 2.34. The molecule has 23 heavy (non-hydrogen) atoms. The van der Waals surface area contributed by atoms with Gasteiger partial charge < -0.3 is 0 Å². The van der Waals surface area contributed by atoms with E-state index in [9.17, 15) is 13.2 Å². The van der Waals surface area contributed by atoms with Gasteiger partial charge in [-0.15, -0.1) is 0 Å². The molecular weight excluding hydrogens is 310 g/mol. The van der Waals surface area contributed by atoms with E-state index in [0.717, 1.165) is 42.4 Å². The Morgan fingerprint density at radius 1 is 1.00 bits per heavy atom. The standard InChI is InChI=1S/C18H25NO3S/c1-4-6-15-12-19(13-18(20)17(15)7-5-2)23(21,22)16-10-8-14(3)9-11-16/h8-11H,4-7,12-13H2,1-3H3. The van der Waals surface area contributed by atoms with Crippen molar-refractivity contribution in [3.8, 4) is 0 Å². The van der Waals surface area contributed by atoms with Crippen LogP contribution >= 0.6 is 0 Å². The molecule has 0 N–H and O–H groups in total. The summed E-state index contributed by atoms with van der Waals surface area (Å²) < 4.78 is 26.9. The van der Waals surface area contributed by atoms with Crippen molar-refractivity contribution in [3.63, 3.8) is 0 Å². The molecule has 126 valence electrons. The molecule has 5 heteroatoms. The number of hydrogen-bond acceptors (Lipinski definition) is 3. The minimum absolute atomic E-state index is 0.0429. The number of benzene rings is 1. The van der Waals surface area contributed by atoms with Crippen molar-refractivity contribution in [3.05, 3.63) is 41.0 Å². The van der Waals surface area contributed by atoms with E-state index >= 15 is 0 Å². The lowest BCUT2D eigenvalue weighted by Crippen LogP contribution is -2.41. The molecular formula is C18H25NO3S. The summed E-state index contributed by atoms with van der Waals surface area (Å²) in [7, 11) is -3.62. The van der Waals surface area contributed by atoms with E-state index in [4.69, 9.17) is 0 Å². The lowest BCUT2D eigenvalue weighted by molar-refractivity contribution is -0.116. The third-order valence-corrected chi connectivity index (χ3v) is 5.97. The molecule has 0 spiro atoms. The highest BCUT2D eigenvalue weighted by atomic mass is 32.2. The van der Waals surface area contributed by atoms with Gasteiger partial charge in [0.05, 0.1) is 11.4 Å². The molecule has 0 saturated heterocycles. The molecule has 0 unspecified atom stereocenters. The normalized spacial score (nSPS) is 16.9. The molecule has 0 atom stereocenters. The van der Waals surface area contributed by atoms with Crippen LogP contribution in [0.2, 0.25) is 0 Å². The highest BCUT2D eigenvalue weighted by molar-refractivity contribution is 7.89. The molecule has 0 bridgehead atoms. The fourth-order valence-electron chi connectivity index (χ4n) is 2.94. The Bertz CT molecular complexity index is 702. The number of carbonyl (C=O) groups is 1. The first-order valence-electron chi connectivity index (χ1n) is 8.21. The van der Waals surface area contributed by atoms with Crippen molar-refractivity contribution in [2.24, 2.45) is 0 Å². The summed E-state index contributed by atoms with van der Waals surface area (Å²) >= 11 is 0. The van der Waals surface area contributed by atoms with Crippen LogP contribution in [-0.2, 0) is 14.8 Å². The maximum atomic E-state index is 12.8. The fraction of sp³-hybridized carbons (Fsp3) is 0.500. The molecule has 0 amide bonds. The minimum atomic E-state index is -3.62. The van der Waals surface area contributed by atoms with E-state index in [1.165, 1.54) is 4.31 Å². The maximum Gasteiger partial charge on any atom is 0.243 e. The van der Waals surface area contributed by atoms with Gasteiger partial charge in [-0.25, -0.2) is 8.42 Å². The van der Waals surface area contributed by atoms with E-state index in [0.29, 0.717) is 6.54 Å². The average molecular weight is 335 g/mol. The topological polar surface area (TPSA) is 54.5 Å². The second kappa shape index (κ2) is 7.41. The number of Topliss-reactive ketones (excluding diaryl/α,β-unsaturated/α-hetero) is 1. The Morgan fingerprint density at radius 3 is 2.17 bits per heavy atom. The summed E-state index contributed by atoms with van der Waals surface area (Å²) in [5.74, 6) is -0.0442. The highest BCUT2D eigenvalue weighted by Crippen LogP contribution is 2.27. The van der Waals surface area contributed by atoms with E-state index in [-0.39, 0.29) is 17.2 Å². The Morgan fingerprint density at radius 2 is 1.61 bits per heavy atom. The largest absolute Gasteiger partial charge is 0.293 e. The van der Waals surface area contributed by atoms with Crippen LogP contribution in [0.3, 0.4) is 0 Å². The van der Waals surface area contributed by atoms with Gasteiger partial charge in [-0.05, 0) is 43.0 Å². The van der Waals surface area contributed by atoms with Crippen molar-refractivity contribution >= 4 is 15.8 Å². The van der Waals surface area contributed by atoms with Crippen molar-refractivity contribution in [1.29, 1.82) is 0 Å². The van der Waals surface area contributed by atoms with Crippen LogP contribution < -0.4 is 0 Å². The quantitative estimate of drug-likeness (QED) is 0.800. The third-order valence-electron chi connectivity index (χ3n) is 4.16. The molecule has 1 aliphatic heterocycles. The number of rotatable bonds is 6. The van der Waals surface area contributed by atoms with Gasteiger partial charge in [0.25, 0.3) is 0 Å². The van der Waals surface area contributed by atoms with Gasteiger partial charge in [0.15, 0.2) is 5.78 Å². The van der Waals surface area contributed by atoms with Gasteiger partial charge in [-0.2, -0.15) is 4.31 Å². The van der Waals surface area contributed by atoms with Crippen molar-refractivity contribution in [2.45, 2.75) is 51.3 Å². The molecule has 0 aliphatic carbocycles. The number of sulfonamides is 1. The van der Waals surface area contributed by atoms with Crippen LogP contribution in [0.4, 0.5) is 0 Å². The van der Waals surface area contributed by atoms with Crippen molar-refractivity contribution in [2.75, 3.05) is 13.1 Å². The molecule has 1 aromatic rings. The molecule has 4 nitrogen and oxygen atoms in total. The smallest absolute Gasteiger partial charge is 0.243 e. The Kier molecular flexibility index (Phi) is 5.76. The summed E-state index contributed by atoms with van der Waals surface area (Å²) in [6.07, 6.45) is 3.33. The highest BCUT2D eigenvalue weighted by Gasteiger charge is 2.33. The summed E-state index contributed by atoms with van der Waals surface area (Å²) in [5, 5.41) is 0. The van der Waals surface area contributed by atoms with Gasteiger partial charge in [-0.3, -0.25) is 4.79 Å². The fourth-order valence-corrected chi connectivity index (χ4v) is 4.34. The second-order valence-electron chi connectivity index (χ2n) is 6.09. The monoisotopic (exact) mass is 335 g/mol.